The molecule has 3 aliphatic carbocycles. The molecule has 4 heteroatoms. The first-order chi connectivity index (χ1) is 14.7. The van der Waals surface area contributed by atoms with Crippen molar-refractivity contribution in [3.63, 3.8) is 0 Å². The van der Waals surface area contributed by atoms with E-state index >= 15 is 0 Å². The van der Waals surface area contributed by atoms with Gasteiger partial charge in [0.2, 0.25) is 5.91 Å². The second kappa shape index (κ2) is 7.21. The number of nitrogens with one attached hydrogen (secondary N) is 1. The van der Waals surface area contributed by atoms with E-state index in [0.717, 1.165) is 30.4 Å². The first-order valence-corrected chi connectivity index (χ1v) is 12.1. The first kappa shape index (κ1) is 20.8. The van der Waals surface area contributed by atoms with Crippen molar-refractivity contribution in [1.82, 2.24) is 10.2 Å². The van der Waals surface area contributed by atoms with Crippen molar-refractivity contribution >= 4 is 11.8 Å². The Labute approximate surface area is 186 Å². The zero-order valence-electron chi connectivity index (χ0n) is 19.4. The molecule has 0 spiro atoms. The lowest BCUT2D eigenvalue weighted by Gasteiger charge is -2.60. The number of carbonyl (C=O) groups is 2. The number of aryl methyl sites for hydroxylation is 1. The molecule has 1 aliphatic heterocycles. The van der Waals surface area contributed by atoms with E-state index in [1.54, 1.807) is 0 Å². The molecule has 4 nitrogen and oxygen atoms in total. The predicted octanol–water partition coefficient (Wildman–Crippen LogP) is 4.73. The number of nitrogens with zero attached hydrogens (tertiary/aromatic N) is 1. The van der Waals surface area contributed by atoms with E-state index in [9.17, 15) is 9.59 Å². The van der Waals surface area contributed by atoms with Crippen LogP contribution in [0, 0.1) is 35.5 Å². The average molecular weight is 421 g/mol. The summed E-state index contributed by atoms with van der Waals surface area (Å²) in [6.45, 7) is 6.86. The van der Waals surface area contributed by atoms with Crippen molar-refractivity contribution in [3.05, 3.63) is 47.5 Å². The van der Waals surface area contributed by atoms with Gasteiger partial charge in [0.1, 0.15) is 0 Å². The summed E-state index contributed by atoms with van der Waals surface area (Å²) in [5.41, 5.74) is 2.14. The molecule has 2 amide bonds. The third-order valence-corrected chi connectivity index (χ3v) is 9.71. The van der Waals surface area contributed by atoms with Crippen molar-refractivity contribution in [2.24, 2.45) is 28.6 Å². The smallest absolute Gasteiger partial charge is 0.251 e. The Hall–Kier alpha value is -2.10. The van der Waals surface area contributed by atoms with Crippen molar-refractivity contribution in [2.75, 3.05) is 7.05 Å². The van der Waals surface area contributed by atoms with Crippen LogP contribution in [0.2, 0.25) is 0 Å². The minimum Gasteiger partial charge on any atom is -0.349 e. The molecule has 0 radical (unpaired) electrons. The molecule has 1 aromatic rings. The summed E-state index contributed by atoms with van der Waals surface area (Å²) in [4.78, 5) is 27.3. The Kier molecular flexibility index (Phi) is 4.84. The fourth-order valence-electron chi connectivity index (χ4n) is 8.00. The normalized spacial score (nSPS) is 41.4. The van der Waals surface area contributed by atoms with Crippen LogP contribution < -0.4 is 5.32 Å². The molecule has 5 rings (SSSR count). The fourth-order valence-corrected chi connectivity index (χ4v) is 8.00. The van der Waals surface area contributed by atoms with E-state index in [0.29, 0.717) is 23.8 Å². The molecular weight excluding hydrogens is 384 g/mol. The monoisotopic (exact) mass is 420 g/mol. The molecule has 1 N–H and O–H groups in total. The SMILES string of the molecule is Cc1cccc(C(=O)N[C@H]2CC[C@H]3[C@@H]4CC[C@H]5N(C)C(=O)C=C[C@]5(C)[C@H]4CC[C@]23C)c1. The zero-order chi connectivity index (χ0) is 22.0. The highest BCUT2D eigenvalue weighted by molar-refractivity contribution is 5.94. The Morgan fingerprint density at radius 3 is 2.68 bits per heavy atom. The highest BCUT2D eigenvalue weighted by atomic mass is 16.2. The van der Waals surface area contributed by atoms with Crippen molar-refractivity contribution < 1.29 is 9.59 Å². The Morgan fingerprint density at radius 2 is 1.90 bits per heavy atom. The maximum Gasteiger partial charge on any atom is 0.251 e. The summed E-state index contributed by atoms with van der Waals surface area (Å²) in [6.07, 6.45) is 11.0. The van der Waals surface area contributed by atoms with Crippen LogP contribution in [-0.2, 0) is 4.79 Å². The molecule has 0 bridgehead atoms. The van der Waals surface area contributed by atoms with Gasteiger partial charge in [0.05, 0.1) is 0 Å². The molecule has 0 saturated heterocycles. The minimum absolute atomic E-state index is 0.0729. The summed E-state index contributed by atoms with van der Waals surface area (Å²) >= 11 is 0. The molecule has 3 saturated carbocycles. The lowest BCUT2D eigenvalue weighted by Crippen LogP contribution is -2.60. The lowest BCUT2D eigenvalue weighted by molar-refractivity contribution is -0.138. The van der Waals surface area contributed by atoms with Gasteiger partial charge in [0.15, 0.2) is 0 Å². The summed E-state index contributed by atoms with van der Waals surface area (Å²) in [5.74, 6) is 2.20. The van der Waals surface area contributed by atoms with E-state index in [-0.39, 0.29) is 28.7 Å². The number of likely N-dealkylation sites (N-methyl/N-ethyl adjacent to an activating group) is 1. The van der Waals surface area contributed by atoms with Gasteiger partial charge in [-0.05, 0) is 86.8 Å². The summed E-state index contributed by atoms with van der Waals surface area (Å²) in [6, 6.07) is 8.48. The van der Waals surface area contributed by atoms with Crippen LogP contribution in [-0.4, -0.2) is 35.8 Å². The van der Waals surface area contributed by atoms with Crippen LogP contribution >= 0.6 is 0 Å². The molecule has 1 aromatic carbocycles. The van der Waals surface area contributed by atoms with Gasteiger partial charge in [0, 0.05) is 30.1 Å². The maximum absolute atomic E-state index is 13.0. The Balaban J connectivity index is 1.37. The molecular formula is C27H36N2O2. The number of hydrogen-bond acceptors (Lipinski definition) is 2. The topological polar surface area (TPSA) is 49.4 Å². The number of amides is 2. The number of benzene rings is 1. The zero-order valence-corrected chi connectivity index (χ0v) is 19.4. The van der Waals surface area contributed by atoms with Crippen LogP contribution in [0.5, 0.6) is 0 Å². The Bertz CT molecular complexity index is 939. The van der Waals surface area contributed by atoms with E-state index in [4.69, 9.17) is 0 Å². The van der Waals surface area contributed by atoms with Gasteiger partial charge in [-0.15, -0.1) is 0 Å². The molecule has 3 fully saturated rings. The van der Waals surface area contributed by atoms with Crippen LogP contribution in [0.1, 0.15) is 68.3 Å². The van der Waals surface area contributed by atoms with Crippen LogP contribution in [0.4, 0.5) is 0 Å². The van der Waals surface area contributed by atoms with Crippen molar-refractivity contribution in [2.45, 2.75) is 71.4 Å². The fraction of sp³-hybridized carbons (Fsp3) is 0.630. The largest absolute Gasteiger partial charge is 0.349 e. The quantitative estimate of drug-likeness (QED) is 0.752. The third kappa shape index (κ3) is 3.08. The molecule has 31 heavy (non-hydrogen) atoms. The molecule has 166 valence electrons. The van der Waals surface area contributed by atoms with Gasteiger partial charge in [-0.1, -0.05) is 37.6 Å². The highest BCUT2D eigenvalue weighted by Gasteiger charge is 2.60. The number of hydrogen-bond donors (Lipinski definition) is 1. The Morgan fingerprint density at radius 1 is 1.10 bits per heavy atom. The van der Waals surface area contributed by atoms with E-state index in [1.165, 1.54) is 19.3 Å². The second-order valence-corrected chi connectivity index (χ2v) is 11.1. The maximum atomic E-state index is 13.0. The lowest BCUT2D eigenvalue weighted by atomic mass is 9.48. The number of rotatable bonds is 2. The minimum atomic E-state index is 0.0729. The third-order valence-electron chi connectivity index (χ3n) is 9.71. The number of carbonyl (C=O) groups excluding carboxylic acids is 2. The predicted molar refractivity (Wildman–Crippen MR) is 123 cm³/mol. The molecule has 1 heterocycles. The van der Waals surface area contributed by atoms with E-state index in [2.05, 4.69) is 25.2 Å². The molecule has 7 atom stereocenters. The molecule has 4 aliphatic rings. The highest BCUT2D eigenvalue weighted by Crippen LogP contribution is 2.63. The molecule has 0 unspecified atom stereocenters. The van der Waals surface area contributed by atoms with E-state index < -0.39 is 0 Å². The van der Waals surface area contributed by atoms with Gasteiger partial charge >= 0.3 is 0 Å². The first-order valence-electron chi connectivity index (χ1n) is 12.1. The van der Waals surface area contributed by atoms with Crippen molar-refractivity contribution in [1.29, 1.82) is 0 Å². The standard InChI is InChI=1S/C27H36N2O2/c1-17-6-5-7-18(16-17)25(31)28-22-10-9-20-19-8-11-23-27(3,15-13-24(30)29(23)4)21(19)12-14-26(20,22)2/h5-7,13,15-16,19-23H,8-12,14H2,1-4H3,(H,28,31)/t19-,20-,21-,22-,23+,26-,27+/m0/s1. The van der Waals surface area contributed by atoms with Gasteiger partial charge in [0.25, 0.3) is 5.91 Å². The van der Waals surface area contributed by atoms with Gasteiger partial charge in [-0.25, -0.2) is 0 Å². The van der Waals surface area contributed by atoms with Crippen LogP contribution in [0.15, 0.2) is 36.4 Å². The summed E-state index contributed by atoms with van der Waals surface area (Å²) in [5, 5.41) is 3.43. The van der Waals surface area contributed by atoms with Gasteiger partial charge in [-0.3, -0.25) is 9.59 Å². The second-order valence-electron chi connectivity index (χ2n) is 11.1. The van der Waals surface area contributed by atoms with Crippen molar-refractivity contribution in [3.8, 4) is 0 Å². The van der Waals surface area contributed by atoms with Gasteiger partial charge < -0.3 is 10.2 Å². The van der Waals surface area contributed by atoms with Gasteiger partial charge in [-0.2, -0.15) is 0 Å². The van der Waals surface area contributed by atoms with Crippen LogP contribution in [0.3, 0.4) is 0 Å². The summed E-state index contributed by atoms with van der Waals surface area (Å²) in [7, 11) is 1.98. The molecule has 0 aromatic heterocycles. The number of fused-ring (bicyclic) bond motifs is 5. The van der Waals surface area contributed by atoms with E-state index in [1.807, 2.05) is 49.2 Å². The average Bonchev–Trinajstić information content (AvgIpc) is 3.07. The summed E-state index contributed by atoms with van der Waals surface area (Å²) < 4.78 is 0. The van der Waals surface area contributed by atoms with Crippen LogP contribution in [0.25, 0.3) is 0 Å².